The van der Waals surface area contributed by atoms with Crippen LogP contribution in [-0.2, 0) is 9.53 Å². The van der Waals surface area contributed by atoms with Crippen LogP contribution in [-0.4, -0.2) is 25.5 Å². The van der Waals surface area contributed by atoms with Gasteiger partial charge in [-0.25, -0.2) is 0 Å². The summed E-state index contributed by atoms with van der Waals surface area (Å²) in [4.78, 5) is 11.9. The van der Waals surface area contributed by atoms with E-state index in [4.69, 9.17) is 10.5 Å². The molecule has 1 aliphatic carbocycles. The van der Waals surface area contributed by atoms with Crippen LogP contribution < -0.4 is 5.73 Å². The maximum atomic E-state index is 11.9. The minimum absolute atomic E-state index is 0.130. The number of carbonyl (C=O) groups is 1. The van der Waals surface area contributed by atoms with Gasteiger partial charge in [0.25, 0.3) is 0 Å². The predicted octanol–water partition coefficient (Wildman–Crippen LogP) is 1.36. The largest absolute Gasteiger partial charge is 0.385 e. The summed E-state index contributed by atoms with van der Waals surface area (Å²) in [5, 5.41) is 0. The fourth-order valence-electron chi connectivity index (χ4n) is 2.11. The zero-order valence-corrected chi connectivity index (χ0v) is 9.16. The molecular formula is C11H21NO2. The van der Waals surface area contributed by atoms with Crippen molar-refractivity contribution in [2.45, 2.75) is 38.6 Å². The van der Waals surface area contributed by atoms with E-state index in [2.05, 4.69) is 0 Å². The van der Waals surface area contributed by atoms with E-state index in [0.717, 1.165) is 25.7 Å². The average molecular weight is 199 g/mol. The minimum Gasteiger partial charge on any atom is -0.385 e. The molecule has 1 rings (SSSR count). The summed E-state index contributed by atoms with van der Waals surface area (Å²) >= 11 is 0. The molecule has 0 aliphatic heterocycles. The van der Waals surface area contributed by atoms with E-state index in [1.165, 1.54) is 0 Å². The molecule has 0 bridgehead atoms. The van der Waals surface area contributed by atoms with E-state index in [-0.39, 0.29) is 17.9 Å². The normalized spacial score (nSPS) is 29.1. The molecule has 14 heavy (non-hydrogen) atoms. The van der Waals surface area contributed by atoms with Crippen LogP contribution in [0.25, 0.3) is 0 Å². The van der Waals surface area contributed by atoms with Gasteiger partial charge in [-0.2, -0.15) is 0 Å². The lowest BCUT2D eigenvalue weighted by Crippen LogP contribution is -2.23. The van der Waals surface area contributed by atoms with Gasteiger partial charge in [-0.15, -0.1) is 0 Å². The lowest BCUT2D eigenvalue weighted by molar-refractivity contribution is -0.126. The van der Waals surface area contributed by atoms with Gasteiger partial charge in [-0.1, -0.05) is 6.92 Å². The van der Waals surface area contributed by atoms with Crippen molar-refractivity contribution in [1.29, 1.82) is 0 Å². The van der Waals surface area contributed by atoms with Gasteiger partial charge in [0.05, 0.1) is 0 Å². The quantitative estimate of drug-likeness (QED) is 0.727. The molecule has 0 saturated heterocycles. The van der Waals surface area contributed by atoms with E-state index >= 15 is 0 Å². The number of methoxy groups -OCH3 is 1. The van der Waals surface area contributed by atoms with Crippen molar-refractivity contribution in [1.82, 2.24) is 0 Å². The van der Waals surface area contributed by atoms with Crippen molar-refractivity contribution in [2.24, 2.45) is 17.6 Å². The smallest absolute Gasteiger partial charge is 0.138 e. The molecule has 0 radical (unpaired) electrons. The van der Waals surface area contributed by atoms with Gasteiger partial charge in [0.2, 0.25) is 0 Å². The lowest BCUT2D eigenvalue weighted by Gasteiger charge is -2.14. The Hall–Kier alpha value is -0.410. The molecule has 0 heterocycles. The summed E-state index contributed by atoms with van der Waals surface area (Å²) in [6.07, 6.45) is 3.71. The Morgan fingerprint density at radius 3 is 2.79 bits per heavy atom. The summed E-state index contributed by atoms with van der Waals surface area (Å²) in [6, 6.07) is 0.249. The Kier molecular flexibility index (Phi) is 4.55. The van der Waals surface area contributed by atoms with Crippen LogP contribution in [0, 0.1) is 11.8 Å². The van der Waals surface area contributed by atoms with Gasteiger partial charge in [0.1, 0.15) is 5.78 Å². The average Bonchev–Trinajstić information content (AvgIpc) is 2.60. The van der Waals surface area contributed by atoms with E-state index in [1.54, 1.807) is 7.11 Å². The van der Waals surface area contributed by atoms with Gasteiger partial charge in [-0.05, 0) is 25.7 Å². The van der Waals surface area contributed by atoms with Gasteiger partial charge in [-0.3, -0.25) is 4.79 Å². The number of carbonyl (C=O) groups excluding carboxylic acids is 1. The van der Waals surface area contributed by atoms with Gasteiger partial charge >= 0.3 is 0 Å². The summed E-state index contributed by atoms with van der Waals surface area (Å²) in [7, 11) is 1.67. The second-order valence-corrected chi connectivity index (χ2v) is 4.35. The summed E-state index contributed by atoms with van der Waals surface area (Å²) in [5.41, 5.74) is 5.79. The standard InChI is InChI=1S/C11H21NO2/c1-8(5-6-14-2)11(13)9-3-4-10(12)7-9/h8-10H,3-7,12H2,1-2H3. The van der Waals surface area contributed by atoms with Gasteiger partial charge in [0, 0.05) is 31.6 Å². The highest BCUT2D eigenvalue weighted by molar-refractivity contribution is 5.83. The molecule has 3 nitrogen and oxygen atoms in total. The van der Waals surface area contributed by atoms with Crippen molar-refractivity contribution in [3.63, 3.8) is 0 Å². The number of nitrogens with two attached hydrogens (primary N) is 1. The van der Waals surface area contributed by atoms with E-state index in [0.29, 0.717) is 12.4 Å². The third kappa shape index (κ3) is 3.07. The third-order valence-electron chi connectivity index (χ3n) is 3.12. The van der Waals surface area contributed by atoms with Crippen LogP contribution in [0.1, 0.15) is 32.6 Å². The number of Topliss-reactive ketones (excluding diaryl/α,β-unsaturated/α-hetero) is 1. The molecule has 0 aromatic rings. The highest BCUT2D eigenvalue weighted by Gasteiger charge is 2.30. The second kappa shape index (κ2) is 5.47. The molecule has 1 fully saturated rings. The maximum absolute atomic E-state index is 11.9. The number of rotatable bonds is 5. The van der Waals surface area contributed by atoms with Crippen LogP contribution in [0.2, 0.25) is 0 Å². The Morgan fingerprint density at radius 1 is 1.57 bits per heavy atom. The number of ketones is 1. The highest BCUT2D eigenvalue weighted by atomic mass is 16.5. The fraction of sp³-hybridized carbons (Fsp3) is 0.909. The second-order valence-electron chi connectivity index (χ2n) is 4.35. The van der Waals surface area contributed by atoms with E-state index in [1.807, 2.05) is 6.92 Å². The molecule has 1 aliphatic rings. The molecule has 0 aromatic carbocycles. The van der Waals surface area contributed by atoms with Gasteiger partial charge in [0.15, 0.2) is 0 Å². The van der Waals surface area contributed by atoms with E-state index in [9.17, 15) is 4.79 Å². The zero-order chi connectivity index (χ0) is 10.6. The molecule has 0 spiro atoms. The number of hydrogen-bond donors (Lipinski definition) is 1. The van der Waals surface area contributed by atoms with Crippen molar-refractivity contribution < 1.29 is 9.53 Å². The fourth-order valence-corrected chi connectivity index (χ4v) is 2.11. The molecule has 82 valence electrons. The Bertz CT molecular complexity index is 194. The first-order valence-electron chi connectivity index (χ1n) is 5.43. The van der Waals surface area contributed by atoms with Crippen LogP contribution in [0.15, 0.2) is 0 Å². The SMILES string of the molecule is COCCC(C)C(=O)C1CCC(N)C1. The summed E-state index contributed by atoms with van der Waals surface area (Å²) in [5.74, 6) is 0.733. The van der Waals surface area contributed by atoms with Gasteiger partial charge < -0.3 is 10.5 Å². The van der Waals surface area contributed by atoms with E-state index < -0.39 is 0 Å². The Balaban J connectivity index is 2.32. The van der Waals surface area contributed by atoms with Crippen LogP contribution in [0.5, 0.6) is 0 Å². The molecule has 3 heteroatoms. The predicted molar refractivity (Wildman–Crippen MR) is 56.0 cm³/mol. The monoisotopic (exact) mass is 199 g/mol. The molecule has 3 atom stereocenters. The number of hydrogen-bond acceptors (Lipinski definition) is 3. The lowest BCUT2D eigenvalue weighted by atomic mass is 9.91. The zero-order valence-electron chi connectivity index (χ0n) is 9.16. The molecule has 2 N–H and O–H groups in total. The van der Waals surface area contributed by atoms with Crippen LogP contribution in [0.4, 0.5) is 0 Å². The molecule has 0 aromatic heterocycles. The Labute approximate surface area is 86.0 Å². The van der Waals surface area contributed by atoms with Crippen LogP contribution >= 0.6 is 0 Å². The first-order valence-corrected chi connectivity index (χ1v) is 5.43. The first kappa shape index (κ1) is 11.7. The van der Waals surface area contributed by atoms with Crippen LogP contribution in [0.3, 0.4) is 0 Å². The molecule has 1 saturated carbocycles. The van der Waals surface area contributed by atoms with Crippen molar-refractivity contribution in [3.05, 3.63) is 0 Å². The highest BCUT2D eigenvalue weighted by Crippen LogP contribution is 2.28. The Morgan fingerprint density at radius 2 is 2.29 bits per heavy atom. The molecule has 0 amide bonds. The van der Waals surface area contributed by atoms with Crippen molar-refractivity contribution in [3.8, 4) is 0 Å². The van der Waals surface area contributed by atoms with Crippen molar-refractivity contribution >= 4 is 5.78 Å². The third-order valence-corrected chi connectivity index (χ3v) is 3.12. The van der Waals surface area contributed by atoms with Crippen molar-refractivity contribution in [2.75, 3.05) is 13.7 Å². The number of ether oxygens (including phenoxy) is 1. The first-order chi connectivity index (χ1) is 6.65. The molecular weight excluding hydrogens is 178 g/mol. The minimum atomic E-state index is 0.130. The molecule has 3 unspecified atom stereocenters. The maximum Gasteiger partial charge on any atom is 0.138 e. The summed E-state index contributed by atoms with van der Waals surface area (Å²) < 4.78 is 4.97. The topological polar surface area (TPSA) is 52.3 Å². The summed E-state index contributed by atoms with van der Waals surface area (Å²) in [6.45, 7) is 2.66.